The topological polar surface area (TPSA) is 64.2 Å². The summed E-state index contributed by atoms with van der Waals surface area (Å²) in [6.45, 7) is 4.99. The summed E-state index contributed by atoms with van der Waals surface area (Å²) in [5.74, 6) is 1.79. The molecule has 1 aliphatic rings. The predicted octanol–water partition coefficient (Wildman–Crippen LogP) is 1.53. The summed E-state index contributed by atoms with van der Waals surface area (Å²) >= 11 is 0. The predicted molar refractivity (Wildman–Crippen MR) is 98.7 cm³/mol. The number of nitrogens with one attached hydrogen (secondary N) is 1. The first-order chi connectivity index (χ1) is 10.1. The Labute approximate surface area is 149 Å². The van der Waals surface area contributed by atoms with Gasteiger partial charge in [-0.2, -0.15) is 0 Å². The molecule has 1 aliphatic heterocycles. The lowest BCUT2D eigenvalue weighted by Crippen LogP contribution is -2.41. The number of furan rings is 1. The Bertz CT molecular complexity index is 450. The van der Waals surface area contributed by atoms with Crippen molar-refractivity contribution in [2.75, 3.05) is 40.3 Å². The van der Waals surface area contributed by atoms with Crippen LogP contribution in [0.15, 0.2) is 27.8 Å². The number of aliphatic hydroxyl groups excluding tert-OH is 1. The van der Waals surface area contributed by atoms with Crippen molar-refractivity contribution in [2.24, 2.45) is 4.99 Å². The summed E-state index contributed by atoms with van der Waals surface area (Å²) < 4.78 is 5.51. The summed E-state index contributed by atoms with van der Waals surface area (Å²) in [5, 5.41) is 13.0. The second kappa shape index (κ2) is 9.36. The zero-order valence-corrected chi connectivity index (χ0v) is 15.9. The molecule has 0 bridgehead atoms. The molecule has 2 atom stereocenters. The van der Waals surface area contributed by atoms with E-state index in [0.29, 0.717) is 13.1 Å². The molecule has 2 rings (SSSR count). The first kappa shape index (κ1) is 19.2. The molecule has 0 amide bonds. The summed E-state index contributed by atoms with van der Waals surface area (Å²) in [7, 11) is 4.05. The molecule has 0 spiro atoms. The highest BCUT2D eigenvalue weighted by Gasteiger charge is 2.24. The van der Waals surface area contributed by atoms with E-state index in [4.69, 9.17) is 9.41 Å². The van der Waals surface area contributed by atoms with Gasteiger partial charge in [-0.05, 0) is 39.6 Å². The van der Waals surface area contributed by atoms with E-state index in [1.54, 1.807) is 6.26 Å². The number of aliphatic imine (C=N–C) groups is 1. The number of guanidine groups is 1. The van der Waals surface area contributed by atoms with Crippen LogP contribution >= 0.6 is 24.0 Å². The molecule has 0 saturated carbocycles. The van der Waals surface area contributed by atoms with Crippen LogP contribution in [0.3, 0.4) is 0 Å². The molecule has 7 heteroatoms. The molecule has 6 nitrogen and oxygen atoms in total. The SMILES string of the molecule is CCNC(=NCC(c1ccco1)N(C)C)N1CC[C@@H](O)C1.I. The lowest BCUT2D eigenvalue weighted by Gasteiger charge is -2.24. The van der Waals surface area contributed by atoms with Crippen LogP contribution in [0.5, 0.6) is 0 Å². The summed E-state index contributed by atoms with van der Waals surface area (Å²) in [5.41, 5.74) is 0. The number of likely N-dealkylation sites (N-methyl/N-ethyl adjacent to an activating group) is 1. The molecule has 0 aromatic carbocycles. The minimum Gasteiger partial charge on any atom is -0.468 e. The van der Waals surface area contributed by atoms with E-state index in [-0.39, 0.29) is 36.1 Å². The number of halogens is 1. The third-order valence-corrected chi connectivity index (χ3v) is 3.71. The molecule has 2 N–H and O–H groups in total. The van der Waals surface area contributed by atoms with Crippen molar-refractivity contribution in [3.63, 3.8) is 0 Å². The van der Waals surface area contributed by atoms with Gasteiger partial charge in [0.15, 0.2) is 5.96 Å². The molecule has 1 aromatic heterocycles. The summed E-state index contributed by atoms with van der Waals surface area (Å²) in [6.07, 6.45) is 2.25. The third-order valence-electron chi connectivity index (χ3n) is 3.71. The Morgan fingerprint density at radius 2 is 2.36 bits per heavy atom. The van der Waals surface area contributed by atoms with Gasteiger partial charge in [-0.1, -0.05) is 0 Å². The van der Waals surface area contributed by atoms with Crippen LogP contribution in [0, 0.1) is 0 Å². The van der Waals surface area contributed by atoms with Crippen LogP contribution in [0.4, 0.5) is 0 Å². The van der Waals surface area contributed by atoms with E-state index in [1.807, 2.05) is 26.2 Å². The highest BCUT2D eigenvalue weighted by atomic mass is 127. The number of aliphatic hydroxyl groups is 1. The Morgan fingerprint density at radius 3 is 2.86 bits per heavy atom. The van der Waals surface area contributed by atoms with Crippen molar-refractivity contribution in [3.8, 4) is 0 Å². The number of rotatable bonds is 5. The van der Waals surface area contributed by atoms with Crippen LogP contribution in [-0.2, 0) is 0 Å². The largest absolute Gasteiger partial charge is 0.468 e. The molecule has 22 heavy (non-hydrogen) atoms. The number of β-amino-alcohol motifs (C(OH)–C–C–N with tert-alkyl or cyclic N) is 1. The number of likely N-dealkylation sites (tertiary alicyclic amines) is 1. The first-order valence-electron chi connectivity index (χ1n) is 7.53. The normalized spacial score (nSPS) is 20.1. The van der Waals surface area contributed by atoms with Crippen LogP contribution in [0.1, 0.15) is 25.1 Å². The standard InChI is InChI=1S/C15H26N4O2.HI/c1-4-16-15(19-8-7-12(20)11-19)17-10-13(18(2)3)14-6-5-9-21-14;/h5-6,9,12-13,20H,4,7-8,10-11H2,1-3H3,(H,16,17);1H/t12-,13?;/m1./s1. The van der Waals surface area contributed by atoms with Gasteiger partial charge in [-0.25, -0.2) is 0 Å². The molecule has 1 saturated heterocycles. The van der Waals surface area contributed by atoms with E-state index in [9.17, 15) is 5.11 Å². The van der Waals surface area contributed by atoms with Crippen LogP contribution in [0.2, 0.25) is 0 Å². The van der Waals surface area contributed by atoms with E-state index < -0.39 is 0 Å². The van der Waals surface area contributed by atoms with Gasteiger partial charge in [0.1, 0.15) is 5.76 Å². The molecule has 126 valence electrons. The Morgan fingerprint density at radius 1 is 1.59 bits per heavy atom. The van der Waals surface area contributed by atoms with Crippen LogP contribution in [-0.4, -0.2) is 67.2 Å². The van der Waals surface area contributed by atoms with Gasteiger partial charge >= 0.3 is 0 Å². The lowest BCUT2D eigenvalue weighted by atomic mass is 10.2. The first-order valence-corrected chi connectivity index (χ1v) is 7.53. The van der Waals surface area contributed by atoms with E-state index in [2.05, 4.69) is 22.0 Å². The monoisotopic (exact) mass is 422 g/mol. The highest BCUT2D eigenvalue weighted by Crippen LogP contribution is 2.19. The minimum atomic E-state index is -0.247. The molecular weight excluding hydrogens is 395 g/mol. The molecular formula is C15H27IN4O2. The highest BCUT2D eigenvalue weighted by molar-refractivity contribution is 14.0. The molecule has 0 aliphatic carbocycles. The van der Waals surface area contributed by atoms with Gasteiger partial charge in [-0.3, -0.25) is 9.89 Å². The number of hydrogen-bond donors (Lipinski definition) is 2. The maximum Gasteiger partial charge on any atom is 0.194 e. The zero-order chi connectivity index (χ0) is 15.2. The number of nitrogens with zero attached hydrogens (tertiary/aromatic N) is 3. The third kappa shape index (κ3) is 5.13. The van der Waals surface area contributed by atoms with Crippen molar-refractivity contribution in [1.29, 1.82) is 0 Å². The molecule has 1 aromatic rings. The van der Waals surface area contributed by atoms with E-state index >= 15 is 0 Å². The lowest BCUT2D eigenvalue weighted by molar-refractivity contribution is 0.187. The van der Waals surface area contributed by atoms with Crippen molar-refractivity contribution in [2.45, 2.75) is 25.5 Å². The molecule has 1 fully saturated rings. The van der Waals surface area contributed by atoms with Gasteiger partial charge in [0.25, 0.3) is 0 Å². The van der Waals surface area contributed by atoms with Gasteiger partial charge in [-0.15, -0.1) is 24.0 Å². The van der Waals surface area contributed by atoms with Gasteiger partial charge in [0.05, 0.1) is 25.0 Å². The fraction of sp³-hybridized carbons (Fsp3) is 0.667. The fourth-order valence-corrected chi connectivity index (χ4v) is 2.52. The molecule has 2 heterocycles. The van der Waals surface area contributed by atoms with Crippen LogP contribution < -0.4 is 5.32 Å². The molecule has 0 radical (unpaired) electrons. The van der Waals surface area contributed by atoms with Crippen molar-refractivity contribution < 1.29 is 9.52 Å². The van der Waals surface area contributed by atoms with Gasteiger partial charge < -0.3 is 19.7 Å². The average molecular weight is 422 g/mol. The Hall–Kier alpha value is -0.800. The second-order valence-electron chi connectivity index (χ2n) is 5.58. The fourth-order valence-electron chi connectivity index (χ4n) is 2.52. The maximum atomic E-state index is 9.68. The van der Waals surface area contributed by atoms with E-state index in [1.165, 1.54) is 0 Å². The number of hydrogen-bond acceptors (Lipinski definition) is 4. The summed E-state index contributed by atoms with van der Waals surface area (Å²) in [4.78, 5) is 8.94. The summed E-state index contributed by atoms with van der Waals surface area (Å²) in [6, 6.07) is 3.99. The quantitative estimate of drug-likeness (QED) is 0.428. The zero-order valence-electron chi connectivity index (χ0n) is 13.5. The van der Waals surface area contributed by atoms with Crippen LogP contribution in [0.25, 0.3) is 0 Å². The van der Waals surface area contributed by atoms with Crippen molar-refractivity contribution in [3.05, 3.63) is 24.2 Å². The molecule has 1 unspecified atom stereocenters. The van der Waals surface area contributed by atoms with E-state index in [0.717, 1.165) is 31.2 Å². The van der Waals surface area contributed by atoms with Gasteiger partial charge in [0, 0.05) is 19.6 Å². The minimum absolute atomic E-state index is 0. The maximum absolute atomic E-state index is 9.68. The van der Waals surface area contributed by atoms with Crippen molar-refractivity contribution >= 4 is 29.9 Å². The smallest absolute Gasteiger partial charge is 0.194 e. The van der Waals surface area contributed by atoms with Crippen molar-refractivity contribution in [1.82, 2.24) is 15.1 Å². The average Bonchev–Trinajstić information content (AvgIpc) is 3.09. The Balaban J connectivity index is 0.00000242. The van der Waals surface area contributed by atoms with Gasteiger partial charge in [0.2, 0.25) is 0 Å². The second-order valence-corrected chi connectivity index (χ2v) is 5.58. The Kier molecular flexibility index (Phi) is 8.19.